The van der Waals surface area contributed by atoms with E-state index >= 15 is 0 Å². The van der Waals surface area contributed by atoms with Crippen LogP contribution in [0.15, 0.2) is 42.5 Å². The van der Waals surface area contributed by atoms with Gasteiger partial charge in [0.05, 0.1) is 10.7 Å². The molecule has 1 saturated heterocycles. The summed E-state index contributed by atoms with van der Waals surface area (Å²) in [6.45, 7) is 6.87. The maximum absolute atomic E-state index is 12.3. The second-order valence-corrected chi connectivity index (χ2v) is 8.37. The van der Waals surface area contributed by atoms with Crippen molar-refractivity contribution in [3.8, 4) is 0 Å². The zero-order valence-electron chi connectivity index (χ0n) is 17.8. The minimum atomic E-state index is -0.268. The lowest BCUT2D eigenvalue weighted by Crippen LogP contribution is -2.48. The zero-order valence-corrected chi connectivity index (χ0v) is 19.4. The van der Waals surface area contributed by atoms with E-state index in [4.69, 9.17) is 23.8 Å². The van der Waals surface area contributed by atoms with Crippen LogP contribution >= 0.6 is 23.8 Å². The van der Waals surface area contributed by atoms with Crippen molar-refractivity contribution in [3.05, 3.63) is 58.6 Å². The summed E-state index contributed by atoms with van der Waals surface area (Å²) in [4.78, 5) is 28.5. The SMILES string of the molecule is CCCC(=O)N1CCN(c2ccc(NC(=S)NC(=O)c3ccc(C)cc3)cc2Cl)CC1. The molecule has 31 heavy (non-hydrogen) atoms. The largest absolute Gasteiger partial charge is 0.367 e. The van der Waals surface area contributed by atoms with E-state index in [1.54, 1.807) is 18.2 Å². The van der Waals surface area contributed by atoms with Gasteiger partial charge in [-0.2, -0.15) is 0 Å². The number of carbonyl (C=O) groups excluding carboxylic acids is 2. The number of nitrogens with one attached hydrogen (secondary N) is 2. The Kier molecular flexibility index (Phi) is 7.87. The fourth-order valence-corrected chi connectivity index (χ4v) is 3.96. The quantitative estimate of drug-likeness (QED) is 0.656. The number of piperazine rings is 1. The van der Waals surface area contributed by atoms with Crippen molar-refractivity contribution >= 4 is 52.1 Å². The van der Waals surface area contributed by atoms with Gasteiger partial charge in [-0.15, -0.1) is 0 Å². The van der Waals surface area contributed by atoms with Gasteiger partial charge in [0.2, 0.25) is 5.91 Å². The van der Waals surface area contributed by atoms with E-state index in [1.165, 1.54) is 0 Å². The highest BCUT2D eigenvalue weighted by atomic mass is 35.5. The van der Waals surface area contributed by atoms with Gasteiger partial charge in [-0.3, -0.25) is 14.9 Å². The average molecular weight is 459 g/mol. The molecule has 0 radical (unpaired) electrons. The monoisotopic (exact) mass is 458 g/mol. The molecule has 0 spiro atoms. The Morgan fingerprint density at radius 3 is 2.35 bits per heavy atom. The summed E-state index contributed by atoms with van der Waals surface area (Å²) in [5, 5.41) is 6.48. The predicted octanol–water partition coefficient (Wildman–Crippen LogP) is 4.22. The molecule has 1 fully saturated rings. The number of halogens is 1. The fraction of sp³-hybridized carbons (Fsp3) is 0.348. The molecular weight excluding hydrogens is 432 g/mol. The molecule has 0 bridgehead atoms. The van der Waals surface area contributed by atoms with Crippen LogP contribution in [0.2, 0.25) is 5.02 Å². The van der Waals surface area contributed by atoms with E-state index in [1.807, 2.05) is 43.0 Å². The molecule has 1 heterocycles. The van der Waals surface area contributed by atoms with Crippen LogP contribution in [0.4, 0.5) is 11.4 Å². The molecule has 0 aromatic heterocycles. The summed E-state index contributed by atoms with van der Waals surface area (Å²) in [5.41, 5.74) is 3.24. The Hall–Kier alpha value is -2.64. The molecule has 8 heteroatoms. The summed E-state index contributed by atoms with van der Waals surface area (Å²) in [7, 11) is 0. The van der Waals surface area contributed by atoms with Crippen LogP contribution in [0.1, 0.15) is 35.7 Å². The summed E-state index contributed by atoms with van der Waals surface area (Å²) in [6, 6.07) is 12.9. The smallest absolute Gasteiger partial charge is 0.257 e. The minimum Gasteiger partial charge on any atom is -0.367 e. The average Bonchev–Trinajstić information content (AvgIpc) is 2.74. The minimum absolute atomic E-state index is 0.206. The van der Waals surface area contributed by atoms with Gasteiger partial charge in [-0.25, -0.2) is 0 Å². The number of hydrogen-bond acceptors (Lipinski definition) is 4. The molecule has 0 unspecified atom stereocenters. The Morgan fingerprint density at radius 2 is 1.74 bits per heavy atom. The highest BCUT2D eigenvalue weighted by Gasteiger charge is 2.22. The third-order valence-corrected chi connectivity index (χ3v) is 5.69. The van der Waals surface area contributed by atoms with Gasteiger partial charge in [-0.05, 0) is 55.9 Å². The Balaban J connectivity index is 1.56. The normalized spacial score (nSPS) is 13.6. The summed E-state index contributed by atoms with van der Waals surface area (Å²) in [6.07, 6.45) is 1.47. The van der Waals surface area contributed by atoms with Crippen molar-refractivity contribution in [2.75, 3.05) is 36.4 Å². The number of anilines is 2. The molecule has 2 amide bonds. The van der Waals surface area contributed by atoms with Gasteiger partial charge >= 0.3 is 0 Å². The van der Waals surface area contributed by atoms with Gasteiger partial charge in [0, 0.05) is 43.9 Å². The highest BCUT2D eigenvalue weighted by Crippen LogP contribution is 2.29. The lowest BCUT2D eigenvalue weighted by molar-refractivity contribution is -0.131. The zero-order chi connectivity index (χ0) is 22.4. The van der Waals surface area contributed by atoms with E-state index in [0.29, 0.717) is 35.8 Å². The third-order valence-electron chi connectivity index (χ3n) is 5.18. The number of thiocarbonyl (C=S) groups is 1. The molecule has 1 aliphatic heterocycles. The summed E-state index contributed by atoms with van der Waals surface area (Å²) in [5.74, 6) is -0.0512. The number of nitrogens with zero attached hydrogens (tertiary/aromatic N) is 2. The first kappa shape index (κ1) is 23.0. The number of amides is 2. The van der Waals surface area contributed by atoms with Gasteiger partial charge in [-0.1, -0.05) is 36.2 Å². The van der Waals surface area contributed by atoms with Crippen LogP contribution < -0.4 is 15.5 Å². The molecule has 1 aliphatic rings. The van der Waals surface area contributed by atoms with Gasteiger partial charge in [0.15, 0.2) is 5.11 Å². The molecule has 164 valence electrons. The van der Waals surface area contributed by atoms with E-state index in [9.17, 15) is 9.59 Å². The van der Waals surface area contributed by atoms with Crippen molar-refractivity contribution in [2.24, 2.45) is 0 Å². The number of benzene rings is 2. The number of carbonyl (C=O) groups is 2. The first-order valence-corrected chi connectivity index (χ1v) is 11.2. The van der Waals surface area contributed by atoms with Gasteiger partial charge in [0.1, 0.15) is 0 Å². The number of rotatable bonds is 5. The van der Waals surface area contributed by atoms with Crippen molar-refractivity contribution in [1.29, 1.82) is 0 Å². The third kappa shape index (κ3) is 6.18. The van der Waals surface area contributed by atoms with Crippen LogP contribution in [-0.2, 0) is 4.79 Å². The van der Waals surface area contributed by atoms with Crippen LogP contribution in [0.5, 0.6) is 0 Å². The Bertz CT molecular complexity index is 957. The molecule has 0 saturated carbocycles. The van der Waals surface area contributed by atoms with Crippen molar-refractivity contribution in [2.45, 2.75) is 26.7 Å². The van der Waals surface area contributed by atoms with Gasteiger partial charge < -0.3 is 15.1 Å². The topological polar surface area (TPSA) is 64.7 Å². The summed E-state index contributed by atoms with van der Waals surface area (Å²) < 4.78 is 0. The second kappa shape index (κ2) is 10.6. The van der Waals surface area contributed by atoms with E-state index in [0.717, 1.165) is 30.8 Å². The van der Waals surface area contributed by atoms with E-state index in [2.05, 4.69) is 15.5 Å². The maximum atomic E-state index is 12.3. The molecule has 3 rings (SSSR count). The molecule has 6 nitrogen and oxygen atoms in total. The predicted molar refractivity (Wildman–Crippen MR) is 130 cm³/mol. The number of hydrogen-bond donors (Lipinski definition) is 2. The highest BCUT2D eigenvalue weighted by molar-refractivity contribution is 7.80. The Labute approximate surface area is 193 Å². The molecule has 2 N–H and O–H groups in total. The van der Waals surface area contributed by atoms with Gasteiger partial charge in [0.25, 0.3) is 5.91 Å². The molecule has 0 atom stereocenters. The lowest BCUT2D eigenvalue weighted by atomic mass is 10.1. The molecular formula is C23H27ClN4O2S. The van der Waals surface area contributed by atoms with Crippen LogP contribution in [-0.4, -0.2) is 48.0 Å². The van der Waals surface area contributed by atoms with Crippen LogP contribution in [0, 0.1) is 6.92 Å². The van der Waals surface area contributed by atoms with Crippen LogP contribution in [0.3, 0.4) is 0 Å². The lowest BCUT2D eigenvalue weighted by Gasteiger charge is -2.36. The Morgan fingerprint density at radius 1 is 1.06 bits per heavy atom. The first-order valence-electron chi connectivity index (χ1n) is 10.4. The fourth-order valence-electron chi connectivity index (χ4n) is 3.45. The van der Waals surface area contributed by atoms with Crippen molar-refractivity contribution in [1.82, 2.24) is 10.2 Å². The number of aryl methyl sites for hydroxylation is 1. The molecule has 0 aliphatic carbocycles. The first-order chi connectivity index (χ1) is 14.9. The van der Waals surface area contributed by atoms with Crippen molar-refractivity contribution < 1.29 is 9.59 Å². The second-order valence-electron chi connectivity index (χ2n) is 7.56. The van der Waals surface area contributed by atoms with E-state index < -0.39 is 0 Å². The molecule has 2 aromatic carbocycles. The standard InChI is InChI=1S/C23H27ClN4O2S/c1-3-4-21(29)28-13-11-27(12-14-28)20-10-9-18(15-19(20)24)25-23(31)26-22(30)17-7-5-16(2)6-8-17/h5-10,15H,3-4,11-14H2,1-2H3,(H2,25,26,30,31). The molecule has 2 aromatic rings. The maximum Gasteiger partial charge on any atom is 0.257 e. The van der Waals surface area contributed by atoms with Crippen LogP contribution in [0.25, 0.3) is 0 Å². The summed E-state index contributed by atoms with van der Waals surface area (Å²) >= 11 is 11.8. The van der Waals surface area contributed by atoms with E-state index in [-0.39, 0.29) is 16.9 Å². The van der Waals surface area contributed by atoms with Crippen molar-refractivity contribution in [3.63, 3.8) is 0 Å².